The highest BCUT2D eigenvalue weighted by atomic mass is 35.5. The summed E-state index contributed by atoms with van der Waals surface area (Å²) in [5, 5.41) is 4.19. The van der Waals surface area contributed by atoms with E-state index < -0.39 is 28.5 Å². The average Bonchev–Trinajstić information content (AvgIpc) is 3.47. The Morgan fingerprint density at radius 2 is 1.60 bits per heavy atom. The minimum atomic E-state index is -4.23. The molecule has 1 atom stereocenters. The van der Waals surface area contributed by atoms with Crippen LogP contribution in [0.25, 0.3) is 0 Å². The highest BCUT2D eigenvalue weighted by Gasteiger charge is 2.35. The molecule has 7 nitrogen and oxygen atoms in total. The van der Waals surface area contributed by atoms with Crippen LogP contribution in [0.15, 0.2) is 71.6 Å². The van der Waals surface area contributed by atoms with Gasteiger partial charge in [-0.05, 0) is 67.3 Å². The molecule has 1 unspecified atom stereocenters. The van der Waals surface area contributed by atoms with E-state index >= 15 is 0 Å². The van der Waals surface area contributed by atoms with Gasteiger partial charge in [-0.1, -0.05) is 90.4 Å². The van der Waals surface area contributed by atoms with Gasteiger partial charge in [0.2, 0.25) is 11.8 Å². The lowest BCUT2D eigenvalue weighted by molar-refractivity contribution is -0.140. The number of carbonyl (C=O) groups excluding carboxylic acids is 2. The number of sulfonamides is 1. The number of halogens is 4. The quantitative estimate of drug-likeness (QED) is 0.231. The normalized spacial score (nSPS) is 14.4. The average molecular weight is 671 g/mol. The minimum absolute atomic E-state index is 0.0119. The summed E-state index contributed by atoms with van der Waals surface area (Å²) in [6.07, 6.45) is 4.11. The van der Waals surface area contributed by atoms with Crippen LogP contribution in [0, 0.1) is 0 Å². The minimum Gasteiger partial charge on any atom is -0.352 e. The number of hydrogen-bond donors (Lipinski definition) is 1. The van der Waals surface area contributed by atoms with Crippen LogP contribution in [0.2, 0.25) is 20.1 Å². The van der Waals surface area contributed by atoms with Crippen molar-refractivity contribution >= 4 is 73.9 Å². The van der Waals surface area contributed by atoms with Crippen molar-refractivity contribution in [3.8, 4) is 0 Å². The van der Waals surface area contributed by atoms with Gasteiger partial charge in [0.1, 0.15) is 12.6 Å². The standard InChI is InChI=1S/C30H31Cl4N3O4S/c1-2-28(30(39)35-22-8-6-7-9-22)36(18-20-12-13-21(31)16-26(20)33)29(38)19-37(23-14-15-25(32)27(34)17-23)42(40,41)24-10-4-3-5-11-24/h3-5,10-17,22,28H,2,6-9,18-19H2,1H3,(H,35,39). The number of rotatable bonds is 11. The summed E-state index contributed by atoms with van der Waals surface area (Å²) in [5.74, 6) is -0.894. The Hall–Kier alpha value is -2.49. The molecule has 0 saturated heterocycles. The van der Waals surface area contributed by atoms with E-state index in [0.29, 0.717) is 22.0 Å². The Bertz CT molecular complexity index is 1530. The van der Waals surface area contributed by atoms with Crippen molar-refractivity contribution in [1.29, 1.82) is 0 Å². The molecule has 0 radical (unpaired) electrons. The molecule has 4 rings (SSSR count). The number of carbonyl (C=O) groups is 2. The number of nitrogens with zero attached hydrogens (tertiary/aromatic N) is 2. The number of hydrogen-bond acceptors (Lipinski definition) is 4. The molecule has 1 saturated carbocycles. The first-order valence-electron chi connectivity index (χ1n) is 13.6. The Morgan fingerprint density at radius 3 is 2.21 bits per heavy atom. The van der Waals surface area contributed by atoms with Crippen molar-refractivity contribution in [1.82, 2.24) is 10.2 Å². The molecule has 12 heteroatoms. The molecular weight excluding hydrogens is 640 g/mol. The highest BCUT2D eigenvalue weighted by molar-refractivity contribution is 7.92. The van der Waals surface area contributed by atoms with E-state index in [1.165, 1.54) is 35.2 Å². The van der Waals surface area contributed by atoms with Crippen molar-refractivity contribution in [3.05, 3.63) is 92.4 Å². The summed E-state index contributed by atoms with van der Waals surface area (Å²) in [7, 11) is -4.23. The Morgan fingerprint density at radius 1 is 0.905 bits per heavy atom. The van der Waals surface area contributed by atoms with Gasteiger partial charge >= 0.3 is 0 Å². The monoisotopic (exact) mass is 669 g/mol. The van der Waals surface area contributed by atoms with Crippen LogP contribution in [0.3, 0.4) is 0 Å². The number of nitrogens with one attached hydrogen (secondary N) is 1. The number of anilines is 1. The zero-order chi connectivity index (χ0) is 30.4. The van der Waals surface area contributed by atoms with Gasteiger partial charge in [-0.2, -0.15) is 0 Å². The molecule has 0 bridgehead atoms. The van der Waals surface area contributed by atoms with Gasteiger partial charge in [0.25, 0.3) is 10.0 Å². The second-order valence-electron chi connectivity index (χ2n) is 10.1. The molecule has 3 aromatic carbocycles. The first-order chi connectivity index (χ1) is 20.0. The van der Waals surface area contributed by atoms with E-state index in [-0.39, 0.29) is 39.1 Å². The summed E-state index contributed by atoms with van der Waals surface area (Å²) in [4.78, 5) is 29.1. The van der Waals surface area contributed by atoms with E-state index in [0.717, 1.165) is 30.0 Å². The zero-order valence-corrected chi connectivity index (χ0v) is 26.7. The lowest BCUT2D eigenvalue weighted by atomic mass is 10.1. The molecule has 42 heavy (non-hydrogen) atoms. The van der Waals surface area contributed by atoms with E-state index in [2.05, 4.69) is 5.32 Å². The van der Waals surface area contributed by atoms with Crippen molar-refractivity contribution in [2.24, 2.45) is 0 Å². The maximum atomic E-state index is 14.2. The predicted octanol–water partition coefficient (Wildman–Crippen LogP) is 7.36. The van der Waals surface area contributed by atoms with Gasteiger partial charge in [-0.15, -0.1) is 0 Å². The summed E-state index contributed by atoms with van der Waals surface area (Å²) < 4.78 is 28.8. The number of benzene rings is 3. The van der Waals surface area contributed by atoms with Crippen molar-refractivity contribution in [2.45, 2.75) is 62.6 Å². The third-order valence-corrected chi connectivity index (χ3v) is 10.4. The van der Waals surface area contributed by atoms with Crippen LogP contribution >= 0.6 is 46.4 Å². The van der Waals surface area contributed by atoms with E-state index in [4.69, 9.17) is 46.4 Å². The van der Waals surface area contributed by atoms with E-state index in [1.807, 2.05) is 0 Å². The fraction of sp³-hybridized carbons (Fsp3) is 0.333. The molecular formula is C30H31Cl4N3O4S. The summed E-state index contributed by atoms with van der Waals surface area (Å²) >= 11 is 24.9. The SMILES string of the molecule is CCC(C(=O)NC1CCCC1)N(Cc1ccc(Cl)cc1Cl)C(=O)CN(c1ccc(Cl)c(Cl)c1)S(=O)(=O)c1ccccc1. The second-order valence-corrected chi connectivity index (χ2v) is 13.6. The van der Waals surface area contributed by atoms with Crippen LogP contribution < -0.4 is 9.62 Å². The molecule has 0 heterocycles. The van der Waals surface area contributed by atoms with Gasteiger partial charge < -0.3 is 10.2 Å². The summed E-state index contributed by atoms with van der Waals surface area (Å²) in [6, 6.07) is 16.2. The molecule has 1 N–H and O–H groups in total. The van der Waals surface area contributed by atoms with Crippen LogP contribution in [-0.2, 0) is 26.2 Å². The third kappa shape index (κ3) is 7.71. The summed E-state index contributed by atoms with van der Waals surface area (Å²) in [5.41, 5.74) is 0.711. The Kier molecular flexibility index (Phi) is 11.1. The maximum Gasteiger partial charge on any atom is 0.264 e. The van der Waals surface area contributed by atoms with Crippen LogP contribution in [-0.4, -0.2) is 43.8 Å². The molecule has 0 aromatic heterocycles. The van der Waals surface area contributed by atoms with Gasteiger partial charge in [0.15, 0.2) is 0 Å². The highest BCUT2D eigenvalue weighted by Crippen LogP contribution is 2.31. The van der Waals surface area contributed by atoms with Crippen LogP contribution in [0.1, 0.15) is 44.6 Å². The van der Waals surface area contributed by atoms with Crippen molar-refractivity contribution in [2.75, 3.05) is 10.8 Å². The molecule has 3 aromatic rings. The molecule has 224 valence electrons. The third-order valence-electron chi connectivity index (χ3n) is 7.24. The predicted molar refractivity (Wildman–Crippen MR) is 169 cm³/mol. The van der Waals surface area contributed by atoms with Gasteiger partial charge in [-0.25, -0.2) is 8.42 Å². The first-order valence-corrected chi connectivity index (χ1v) is 16.5. The summed E-state index contributed by atoms with van der Waals surface area (Å²) in [6.45, 7) is 1.17. The fourth-order valence-corrected chi connectivity index (χ4v) is 7.20. The molecule has 0 spiro atoms. The van der Waals surface area contributed by atoms with Crippen LogP contribution in [0.5, 0.6) is 0 Å². The molecule has 2 amide bonds. The van der Waals surface area contributed by atoms with E-state index in [9.17, 15) is 18.0 Å². The Balaban J connectivity index is 1.74. The molecule has 1 aliphatic carbocycles. The molecule has 0 aliphatic heterocycles. The lowest BCUT2D eigenvalue weighted by Crippen LogP contribution is -2.53. The molecule has 1 aliphatic rings. The topological polar surface area (TPSA) is 86.8 Å². The second kappa shape index (κ2) is 14.3. The van der Waals surface area contributed by atoms with Crippen LogP contribution in [0.4, 0.5) is 5.69 Å². The maximum absolute atomic E-state index is 14.2. The van der Waals surface area contributed by atoms with Gasteiger partial charge in [0.05, 0.1) is 20.6 Å². The largest absolute Gasteiger partial charge is 0.352 e. The molecule has 1 fully saturated rings. The fourth-order valence-electron chi connectivity index (χ4n) is 5.01. The van der Waals surface area contributed by atoms with Crippen molar-refractivity contribution in [3.63, 3.8) is 0 Å². The smallest absolute Gasteiger partial charge is 0.264 e. The van der Waals surface area contributed by atoms with E-state index in [1.54, 1.807) is 43.3 Å². The van der Waals surface area contributed by atoms with Crippen molar-refractivity contribution < 1.29 is 18.0 Å². The lowest BCUT2D eigenvalue weighted by Gasteiger charge is -2.34. The Labute approximate surface area is 266 Å². The number of amides is 2. The zero-order valence-electron chi connectivity index (χ0n) is 22.9. The first kappa shape index (κ1) is 32.4. The van der Waals surface area contributed by atoms with Gasteiger partial charge in [-0.3, -0.25) is 13.9 Å². The van der Waals surface area contributed by atoms with Gasteiger partial charge in [0, 0.05) is 22.6 Å².